The second-order valence-electron chi connectivity index (χ2n) is 4.86. The maximum Gasteiger partial charge on any atom is 0.195 e. The summed E-state index contributed by atoms with van der Waals surface area (Å²) in [5, 5.41) is 0. The van der Waals surface area contributed by atoms with Gasteiger partial charge in [-0.3, -0.25) is 4.99 Å². The molecule has 0 aliphatic rings. The standard InChI is InChI=1S/C12H27N3/c1-11(2)9-7-8-10-13-12(14(3)4)15(5)6/h11H,7-10H2,1-6H3. The fourth-order valence-electron chi connectivity index (χ4n) is 1.53. The van der Waals surface area contributed by atoms with Gasteiger partial charge in [-0.25, -0.2) is 0 Å². The van der Waals surface area contributed by atoms with Gasteiger partial charge in [0.2, 0.25) is 0 Å². The van der Waals surface area contributed by atoms with E-state index in [4.69, 9.17) is 0 Å². The molecule has 0 N–H and O–H groups in total. The maximum atomic E-state index is 4.59. The van der Waals surface area contributed by atoms with Gasteiger partial charge in [-0.2, -0.15) is 0 Å². The van der Waals surface area contributed by atoms with Gasteiger partial charge in [0.05, 0.1) is 0 Å². The second kappa shape index (κ2) is 7.55. The molecule has 0 rings (SSSR count). The normalized spacial score (nSPS) is 10.3. The summed E-state index contributed by atoms with van der Waals surface area (Å²) in [6, 6.07) is 0. The predicted octanol–water partition coefficient (Wildman–Crippen LogP) is 2.29. The number of nitrogens with zero attached hydrogens (tertiary/aromatic N) is 3. The predicted molar refractivity (Wildman–Crippen MR) is 68.4 cm³/mol. The molecule has 0 radical (unpaired) electrons. The van der Waals surface area contributed by atoms with Crippen LogP contribution in [-0.4, -0.2) is 50.5 Å². The van der Waals surface area contributed by atoms with E-state index < -0.39 is 0 Å². The Morgan fingerprint density at radius 1 is 1.00 bits per heavy atom. The zero-order valence-corrected chi connectivity index (χ0v) is 11.2. The number of rotatable bonds is 5. The lowest BCUT2D eigenvalue weighted by molar-refractivity contribution is 0.476. The highest BCUT2D eigenvalue weighted by molar-refractivity contribution is 5.79. The average Bonchev–Trinajstić information content (AvgIpc) is 2.08. The summed E-state index contributed by atoms with van der Waals surface area (Å²) in [5.74, 6) is 1.87. The van der Waals surface area contributed by atoms with E-state index >= 15 is 0 Å². The van der Waals surface area contributed by atoms with Gasteiger partial charge in [0, 0.05) is 34.7 Å². The Bertz CT molecular complexity index is 173. The van der Waals surface area contributed by atoms with E-state index in [0.717, 1.165) is 18.4 Å². The van der Waals surface area contributed by atoms with Crippen molar-refractivity contribution >= 4 is 5.96 Å². The van der Waals surface area contributed by atoms with Crippen molar-refractivity contribution in [3.63, 3.8) is 0 Å². The SMILES string of the molecule is CC(C)CCCCN=C(N(C)C)N(C)C. The summed E-state index contributed by atoms with van der Waals surface area (Å²) in [5.41, 5.74) is 0. The Balaban J connectivity index is 3.81. The van der Waals surface area contributed by atoms with Crippen LogP contribution < -0.4 is 0 Å². The molecular weight excluding hydrogens is 186 g/mol. The Kier molecular flexibility index (Phi) is 7.18. The van der Waals surface area contributed by atoms with E-state index in [1.54, 1.807) is 0 Å². The Morgan fingerprint density at radius 2 is 1.53 bits per heavy atom. The summed E-state index contributed by atoms with van der Waals surface area (Å²) < 4.78 is 0. The molecule has 0 unspecified atom stereocenters. The van der Waals surface area contributed by atoms with Crippen molar-refractivity contribution in [1.82, 2.24) is 9.80 Å². The summed E-state index contributed by atoms with van der Waals surface area (Å²) in [4.78, 5) is 8.70. The Labute approximate surface area is 95.2 Å². The monoisotopic (exact) mass is 213 g/mol. The van der Waals surface area contributed by atoms with Crippen molar-refractivity contribution in [1.29, 1.82) is 0 Å². The minimum atomic E-state index is 0.816. The topological polar surface area (TPSA) is 18.8 Å². The summed E-state index contributed by atoms with van der Waals surface area (Å²) in [6.45, 7) is 5.49. The molecular formula is C12H27N3. The van der Waals surface area contributed by atoms with Crippen molar-refractivity contribution in [2.45, 2.75) is 33.1 Å². The van der Waals surface area contributed by atoms with Crippen molar-refractivity contribution in [3.05, 3.63) is 0 Å². The van der Waals surface area contributed by atoms with Crippen LogP contribution in [0.1, 0.15) is 33.1 Å². The molecule has 0 saturated heterocycles. The molecule has 0 aromatic carbocycles. The molecule has 90 valence electrons. The van der Waals surface area contributed by atoms with Crippen LogP contribution >= 0.6 is 0 Å². The lowest BCUT2D eigenvalue weighted by Crippen LogP contribution is -2.35. The van der Waals surface area contributed by atoms with E-state index in [-0.39, 0.29) is 0 Å². The third kappa shape index (κ3) is 7.23. The van der Waals surface area contributed by atoms with Crippen LogP contribution in [0.25, 0.3) is 0 Å². The summed E-state index contributed by atoms with van der Waals surface area (Å²) in [7, 11) is 8.14. The highest BCUT2D eigenvalue weighted by Gasteiger charge is 2.02. The van der Waals surface area contributed by atoms with Gasteiger partial charge in [-0.15, -0.1) is 0 Å². The van der Waals surface area contributed by atoms with Crippen molar-refractivity contribution < 1.29 is 0 Å². The number of aliphatic imine (C=N–C) groups is 1. The van der Waals surface area contributed by atoms with Crippen molar-refractivity contribution in [3.8, 4) is 0 Å². The number of hydrogen-bond acceptors (Lipinski definition) is 1. The summed E-state index contributed by atoms with van der Waals surface area (Å²) in [6.07, 6.45) is 3.80. The van der Waals surface area contributed by atoms with E-state index in [2.05, 4.69) is 28.6 Å². The number of hydrogen-bond donors (Lipinski definition) is 0. The van der Waals surface area contributed by atoms with Crippen LogP contribution in [0.5, 0.6) is 0 Å². The highest BCUT2D eigenvalue weighted by Crippen LogP contribution is 2.06. The van der Waals surface area contributed by atoms with Gasteiger partial charge >= 0.3 is 0 Å². The second-order valence-corrected chi connectivity index (χ2v) is 4.86. The van der Waals surface area contributed by atoms with E-state index in [1.165, 1.54) is 19.3 Å². The Hall–Kier alpha value is -0.730. The molecule has 0 atom stereocenters. The van der Waals surface area contributed by atoms with Crippen molar-refractivity contribution in [2.24, 2.45) is 10.9 Å². The largest absolute Gasteiger partial charge is 0.349 e. The van der Waals surface area contributed by atoms with E-state index in [1.807, 2.05) is 28.2 Å². The molecule has 0 aromatic heterocycles. The first-order valence-electron chi connectivity index (χ1n) is 5.84. The molecule has 0 heterocycles. The zero-order chi connectivity index (χ0) is 11.8. The van der Waals surface area contributed by atoms with Gasteiger partial charge in [-0.05, 0) is 12.3 Å². The first kappa shape index (κ1) is 14.3. The van der Waals surface area contributed by atoms with Crippen LogP contribution in [0.15, 0.2) is 4.99 Å². The lowest BCUT2D eigenvalue weighted by Gasteiger charge is -2.22. The van der Waals surface area contributed by atoms with Gasteiger partial charge in [-0.1, -0.05) is 26.7 Å². The van der Waals surface area contributed by atoms with Gasteiger partial charge < -0.3 is 9.80 Å². The molecule has 0 spiro atoms. The molecule has 3 nitrogen and oxygen atoms in total. The molecule has 0 saturated carbocycles. The van der Waals surface area contributed by atoms with Crippen LogP contribution in [0, 0.1) is 5.92 Å². The molecule has 15 heavy (non-hydrogen) atoms. The number of unbranched alkanes of at least 4 members (excludes halogenated alkanes) is 1. The number of guanidine groups is 1. The Morgan fingerprint density at radius 3 is 1.93 bits per heavy atom. The average molecular weight is 213 g/mol. The lowest BCUT2D eigenvalue weighted by atomic mass is 10.1. The third-order valence-corrected chi connectivity index (χ3v) is 2.24. The molecule has 0 aliphatic carbocycles. The van der Waals surface area contributed by atoms with Crippen molar-refractivity contribution in [2.75, 3.05) is 34.7 Å². The minimum absolute atomic E-state index is 0.816. The molecule has 0 bridgehead atoms. The van der Waals surface area contributed by atoms with Crippen LogP contribution in [0.4, 0.5) is 0 Å². The summed E-state index contributed by atoms with van der Waals surface area (Å²) >= 11 is 0. The van der Waals surface area contributed by atoms with Gasteiger partial charge in [0.15, 0.2) is 5.96 Å². The smallest absolute Gasteiger partial charge is 0.195 e. The molecule has 3 heteroatoms. The quantitative estimate of drug-likeness (QED) is 0.396. The third-order valence-electron chi connectivity index (χ3n) is 2.24. The fraction of sp³-hybridized carbons (Fsp3) is 0.917. The van der Waals surface area contributed by atoms with Crippen LogP contribution in [0.3, 0.4) is 0 Å². The first-order valence-corrected chi connectivity index (χ1v) is 5.84. The van der Waals surface area contributed by atoms with E-state index in [0.29, 0.717) is 0 Å². The van der Waals surface area contributed by atoms with Crippen LogP contribution in [-0.2, 0) is 0 Å². The molecule has 0 aromatic rings. The maximum absolute atomic E-state index is 4.59. The van der Waals surface area contributed by atoms with E-state index in [9.17, 15) is 0 Å². The molecule has 0 fully saturated rings. The highest BCUT2D eigenvalue weighted by atomic mass is 15.3. The molecule has 0 amide bonds. The van der Waals surface area contributed by atoms with Gasteiger partial charge in [0.1, 0.15) is 0 Å². The first-order chi connectivity index (χ1) is 6.95. The van der Waals surface area contributed by atoms with Gasteiger partial charge in [0.25, 0.3) is 0 Å². The minimum Gasteiger partial charge on any atom is -0.349 e. The fourth-order valence-corrected chi connectivity index (χ4v) is 1.53. The zero-order valence-electron chi connectivity index (χ0n) is 11.2. The molecule has 0 aliphatic heterocycles. The van der Waals surface area contributed by atoms with Crippen LogP contribution in [0.2, 0.25) is 0 Å².